The van der Waals surface area contributed by atoms with Gasteiger partial charge in [-0.15, -0.1) is 0 Å². The van der Waals surface area contributed by atoms with E-state index in [1.807, 2.05) is 39.0 Å². The number of carbonyl (C=O) groups is 1. The Kier molecular flexibility index (Phi) is 9.44. The van der Waals surface area contributed by atoms with Gasteiger partial charge in [0.1, 0.15) is 0 Å². The molecule has 6 nitrogen and oxygen atoms in total. The van der Waals surface area contributed by atoms with Gasteiger partial charge >= 0.3 is 0 Å². The van der Waals surface area contributed by atoms with Gasteiger partial charge in [-0.1, -0.05) is 15.9 Å². The number of ether oxygens (including phenoxy) is 3. The number of hydrogen-bond acceptors (Lipinski definition) is 5. The van der Waals surface area contributed by atoms with Crippen LogP contribution in [0.4, 0.5) is 5.69 Å². The summed E-state index contributed by atoms with van der Waals surface area (Å²) in [6.45, 7) is 6.91. The SMILES string of the molecule is CCOc1cc(C(=O)NC(=S)Nc2ccc(Br)cc2I)cc(OCC)c1OCC. The van der Waals surface area contributed by atoms with Gasteiger partial charge in [0.15, 0.2) is 16.6 Å². The van der Waals surface area contributed by atoms with E-state index in [0.29, 0.717) is 42.6 Å². The number of carbonyl (C=O) groups excluding carboxylic acids is 1. The minimum absolute atomic E-state index is 0.194. The van der Waals surface area contributed by atoms with E-state index in [1.165, 1.54) is 0 Å². The number of halogens is 2. The molecule has 0 bridgehead atoms. The molecule has 0 saturated heterocycles. The van der Waals surface area contributed by atoms with Gasteiger partial charge in [0, 0.05) is 13.6 Å². The summed E-state index contributed by atoms with van der Waals surface area (Å²) in [6, 6.07) is 8.96. The molecule has 2 aromatic rings. The Labute approximate surface area is 197 Å². The third-order valence-electron chi connectivity index (χ3n) is 3.58. The Bertz CT molecular complexity index is 868. The number of amides is 1. The largest absolute Gasteiger partial charge is 0.490 e. The molecule has 2 N–H and O–H groups in total. The van der Waals surface area contributed by atoms with Crippen LogP contribution >= 0.6 is 50.7 Å². The lowest BCUT2D eigenvalue weighted by atomic mass is 10.1. The Morgan fingerprint density at radius 3 is 2.14 bits per heavy atom. The van der Waals surface area contributed by atoms with Crippen molar-refractivity contribution < 1.29 is 19.0 Å². The Morgan fingerprint density at radius 2 is 1.62 bits per heavy atom. The Morgan fingerprint density at radius 1 is 1.03 bits per heavy atom. The average Bonchev–Trinajstić information content (AvgIpc) is 2.66. The second-order valence-corrected chi connectivity index (χ2v) is 8.12. The van der Waals surface area contributed by atoms with Crippen molar-refractivity contribution in [1.29, 1.82) is 0 Å². The van der Waals surface area contributed by atoms with Crippen LogP contribution in [0.5, 0.6) is 17.2 Å². The van der Waals surface area contributed by atoms with Gasteiger partial charge in [-0.05, 0) is 85.9 Å². The van der Waals surface area contributed by atoms with Crippen LogP contribution in [0.25, 0.3) is 0 Å². The zero-order valence-corrected chi connectivity index (χ0v) is 20.9. The van der Waals surface area contributed by atoms with Crippen LogP contribution in [-0.4, -0.2) is 30.8 Å². The van der Waals surface area contributed by atoms with Crippen LogP contribution in [0.3, 0.4) is 0 Å². The van der Waals surface area contributed by atoms with Crippen molar-refractivity contribution in [2.45, 2.75) is 20.8 Å². The predicted molar refractivity (Wildman–Crippen MR) is 130 cm³/mol. The van der Waals surface area contributed by atoms with Gasteiger partial charge in [0.25, 0.3) is 5.91 Å². The first kappa shape index (κ1) is 23.7. The van der Waals surface area contributed by atoms with Crippen molar-refractivity contribution in [1.82, 2.24) is 5.32 Å². The molecule has 0 atom stereocenters. The van der Waals surface area contributed by atoms with Crippen LogP contribution in [-0.2, 0) is 0 Å². The van der Waals surface area contributed by atoms with E-state index in [4.69, 9.17) is 26.4 Å². The normalized spacial score (nSPS) is 10.2. The fourth-order valence-electron chi connectivity index (χ4n) is 2.44. The highest BCUT2D eigenvalue weighted by Gasteiger charge is 2.19. The molecule has 0 radical (unpaired) electrons. The molecule has 0 unspecified atom stereocenters. The molecule has 0 aromatic heterocycles. The lowest BCUT2D eigenvalue weighted by Gasteiger charge is -2.17. The van der Waals surface area contributed by atoms with Crippen LogP contribution in [0.1, 0.15) is 31.1 Å². The van der Waals surface area contributed by atoms with Gasteiger partial charge < -0.3 is 19.5 Å². The van der Waals surface area contributed by atoms with Gasteiger partial charge in [-0.2, -0.15) is 0 Å². The molecule has 2 aromatic carbocycles. The molecule has 0 aliphatic rings. The van der Waals surface area contributed by atoms with E-state index in [-0.39, 0.29) is 11.0 Å². The number of nitrogens with one attached hydrogen (secondary N) is 2. The molecule has 0 saturated carbocycles. The second kappa shape index (κ2) is 11.6. The highest BCUT2D eigenvalue weighted by Crippen LogP contribution is 2.39. The molecule has 9 heteroatoms. The van der Waals surface area contributed by atoms with Crippen LogP contribution in [0.2, 0.25) is 0 Å². The molecule has 0 spiro atoms. The average molecular weight is 593 g/mol. The fourth-order valence-corrected chi connectivity index (χ4v) is 4.08. The first-order chi connectivity index (χ1) is 13.9. The third kappa shape index (κ3) is 6.71. The summed E-state index contributed by atoms with van der Waals surface area (Å²) in [4.78, 5) is 12.8. The number of rotatable bonds is 8. The first-order valence-electron chi connectivity index (χ1n) is 9.03. The van der Waals surface area contributed by atoms with Crippen molar-refractivity contribution in [2.24, 2.45) is 0 Å². The molecule has 0 aliphatic carbocycles. The maximum Gasteiger partial charge on any atom is 0.257 e. The van der Waals surface area contributed by atoms with E-state index in [1.54, 1.807) is 12.1 Å². The van der Waals surface area contributed by atoms with Crippen molar-refractivity contribution >= 4 is 67.4 Å². The van der Waals surface area contributed by atoms with Crippen LogP contribution in [0, 0.1) is 3.57 Å². The lowest BCUT2D eigenvalue weighted by Crippen LogP contribution is -2.34. The maximum absolute atomic E-state index is 12.8. The summed E-state index contributed by atoms with van der Waals surface area (Å²) < 4.78 is 18.9. The maximum atomic E-state index is 12.8. The predicted octanol–water partition coefficient (Wildman–Crippen LogP) is 5.38. The van der Waals surface area contributed by atoms with E-state index < -0.39 is 0 Å². The van der Waals surface area contributed by atoms with Crippen molar-refractivity contribution in [3.05, 3.63) is 43.9 Å². The number of hydrogen-bond donors (Lipinski definition) is 2. The molecule has 1 amide bonds. The summed E-state index contributed by atoms with van der Waals surface area (Å²) in [5.74, 6) is 1.01. The lowest BCUT2D eigenvalue weighted by molar-refractivity contribution is 0.0976. The van der Waals surface area contributed by atoms with Crippen molar-refractivity contribution in [2.75, 3.05) is 25.1 Å². The summed E-state index contributed by atoms with van der Waals surface area (Å²) in [7, 11) is 0. The topological polar surface area (TPSA) is 68.8 Å². The van der Waals surface area contributed by atoms with Crippen LogP contribution < -0.4 is 24.8 Å². The minimum atomic E-state index is -0.375. The standard InChI is InChI=1S/C20H22BrIN2O4S/c1-4-26-16-9-12(10-17(27-5-2)18(16)28-6-3)19(25)24-20(29)23-15-8-7-13(21)11-14(15)22/h7-11H,4-6H2,1-3H3,(H2,23,24,25,29). The summed E-state index contributed by atoms with van der Waals surface area (Å²) in [5, 5.41) is 5.92. The molecule has 0 heterocycles. The minimum Gasteiger partial charge on any atom is -0.490 e. The van der Waals surface area contributed by atoms with E-state index in [0.717, 1.165) is 13.7 Å². The van der Waals surface area contributed by atoms with Gasteiger partial charge in [0.2, 0.25) is 5.75 Å². The van der Waals surface area contributed by atoms with Crippen LogP contribution in [0.15, 0.2) is 34.8 Å². The smallest absolute Gasteiger partial charge is 0.257 e. The zero-order valence-electron chi connectivity index (χ0n) is 16.3. The summed E-state index contributed by atoms with van der Waals surface area (Å²) >= 11 is 10.9. The monoisotopic (exact) mass is 592 g/mol. The summed E-state index contributed by atoms with van der Waals surface area (Å²) in [6.07, 6.45) is 0. The Balaban J connectivity index is 2.23. The molecule has 0 fully saturated rings. The molecular weight excluding hydrogens is 571 g/mol. The highest BCUT2D eigenvalue weighted by atomic mass is 127. The van der Waals surface area contributed by atoms with Gasteiger partial charge in [-0.3, -0.25) is 10.1 Å². The highest BCUT2D eigenvalue weighted by molar-refractivity contribution is 14.1. The Hall–Kier alpha value is -1.59. The molecular formula is C20H22BrIN2O4S. The second-order valence-electron chi connectivity index (χ2n) is 5.63. The van der Waals surface area contributed by atoms with E-state index in [2.05, 4.69) is 49.2 Å². The van der Waals surface area contributed by atoms with Gasteiger partial charge in [-0.25, -0.2) is 0 Å². The third-order valence-corrected chi connectivity index (χ3v) is 5.17. The number of thiocarbonyl (C=S) groups is 1. The van der Waals surface area contributed by atoms with Crippen molar-refractivity contribution in [3.8, 4) is 17.2 Å². The molecule has 156 valence electrons. The fraction of sp³-hybridized carbons (Fsp3) is 0.300. The quantitative estimate of drug-likeness (QED) is 0.317. The summed E-state index contributed by atoms with van der Waals surface area (Å²) in [5.41, 5.74) is 1.16. The van der Waals surface area contributed by atoms with E-state index in [9.17, 15) is 4.79 Å². The van der Waals surface area contributed by atoms with E-state index >= 15 is 0 Å². The number of benzene rings is 2. The molecule has 2 rings (SSSR count). The zero-order chi connectivity index (χ0) is 21.4. The molecule has 0 aliphatic heterocycles. The first-order valence-corrected chi connectivity index (χ1v) is 11.3. The van der Waals surface area contributed by atoms with Crippen molar-refractivity contribution in [3.63, 3.8) is 0 Å². The molecule has 29 heavy (non-hydrogen) atoms. The number of anilines is 1. The van der Waals surface area contributed by atoms with Gasteiger partial charge in [0.05, 0.1) is 25.5 Å².